The Morgan fingerprint density at radius 2 is 2.19 bits per heavy atom. The summed E-state index contributed by atoms with van der Waals surface area (Å²) in [6, 6.07) is 6.48. The summed E-state index contributed by atoms with van der Waals surface area (Å²) in [5.41, 5.74) is 8.44. The number of rotatable bonds is 5. The van der Waals surface area contributed by atoms with Gasteiger partial charge >= 0.3 is 0 Å². The number of aromatic nitrogens is 1. The highest BCUT2D eigenvalue weighted by molar-refractivity contribution is 7.09. The summed E-state index contributed by atoms with van der Waals surface area (Å²) in [5.74, 6) is 0.870. The smallest absolute Gasteiger partial charge is 0.140 e. The van der Waals surface area contributed by atoms with E-state index >= 15 is 0 Å². The molecule has 0 radical (unpaired) electrons. The van der Waals surface area contributed by atoms with E-state index in [4.69, 9.17) is 11.1 Å². The van der Waals surface area contributed by atoms with Crippen LogP contribution in [0.4, 0.5) is 5.82 Å². The minimum Gasteiger partial charge on any atom is -0.384 e. The second kappa shape index (κ2) is 6.26. The Bertz CT molecular complexity index is 634. The van der Waals surface area contributed by atoms with E-state index in [0.717, 1.165) is 29.1 Å². The molecule has 0 spiro atoms. The average molecular weight is 302 g/mol. The molecule has 0 aliphatic rings. The first-order valence-electron chi connectivity index (χ1n) is 6.98. The van der Waals surface area contributed by atoms with Gasteiger partial charge in [0.05, 0.1) is 5.56 Å². The molecule has 2 rings (SSSR count). The number of thiophene rings is 1. The fraction of sp³-hybridized carbons (Fsp3) is 0.375. The number of aryl methyl sites for hydroxylation is 2. The lowest BCUT2D eigenvalue weighted by molar-refractivity contribution is 0.678. The maximum atomic E-state index is 7.83. The standard InChI is InChI=1S/C16H22N4S/c1-10-8-11(2)19-16(14(10)15(17)18)20(4)12(3)9-13-6-5-7-21-13/h5-8,12H,9H2,1-4H3,(H3,17,18). The maximum Gasteiger partial charge on any atom is 0.140 e. The molecule has 2 aromatic heterocycles. The van der Waals surface area contributed by atoms with Gasteiger partial charge in [0.15, 0.2) is 0 Å². The van der Waals surface area contributed by atoms with E-state index in [1.165, 1.54) is 4.88 Å². The van der Waals surface area contributed by atoms with E-state index in [2.05, 4.69) is 34.3 Å². The molecule has 21 heavy (non-hydrogen) atoms. The number of nitrogens with zero attached hydrogens (tertiary/aromatic N) is 2. The van der Waals surface area contributed by atoms with E-state index in [0.29, 0.717) is 0 Å². The number of likely N-dealkylation sites (N-methyl/N-ethyl adjacent to an activating group) is 1. The molecule has 0 aromatic carbocycles. The van der Waals surface area contributed by atoms with Crippen LogP contribution in [0.25, 0.3) is 0 Å². The average Bonchev–Trinajstić information content (AvgIpc) is 2.89. The highest BCUT2D eigenvalue weighted by Crippen LogP contribution is 2.24. The van der Waals surface area contributed by atoms with Crippen molar-refractivity contribution in [2.75, 3.05) is 11.9 Å². The number of hydrogen-bond acceptors (Lipinski definition) is 4. The molecule has 0 bridgehead atoms. The predicted octanol–water partition coefficient (Wildman–Crippen LogP) is 3.11. The van der Waals surface area contributed by atoms with Gasteiger partial charge < -0.3 is 10.6 Å². The highest BCUT2D eigenvalue weighted by Gasteiger charge is 2.19. The zero-order valence-electron chi connectivity index (χ0n) is 13.0. The lowest BCUT2D eigenvalue weighted by Gasteiger charge is -2.28. The monoisotopic (exact) mass is 302 g/mol. The Morgan fingerprint density at radius 1 is 1.48 bits per heavy atom. The molecule has 0 saturated carbocycles. The number of nitrogens with one attached hydrogen (secondary N) is 1. The third-order valence-electron chi connectivity index (χ3n) is 3.67. The van der Waals surface area contributed by atoms with Gasteiger partial charge in [0.1, 0.15) is 11.7 Å². The lowest BCUT2D eigenvalue weighted by Crippen LogP contribution is -2.33. The Labute approximate surface area is 130 Å². The van der Waals surface area contributed by atoms with Gasteiger partial charge in [0.2, 0.25) is 0 Å². The van der Waals surface area contributed by atoms with Crippen LogP contribution in [-0.4, -0.2) is 23.9 Å². The van der Waals surface area contributed by atoms with Crippen molar-refractivity contribution in [1.82, 2.24) is 4.98 Å². The minimum atomic E-state index is 0.0742. The summed E-state index contributed by atoms with van der Waals surface area (Å²) in [6.07, 6.45) is 0.959. The molecule has 1 atom stereocenters. The van der Waals surface area contributed by atoms with Crippen LogP contribution < -0.4 is 10.6 Å². The van der Waals surface area contributed by atoms with Gasteiger partial charge in [-0.15, -0.1) is 11.3 Å². The quantitative estimate of drug-likeness (QED) is 0.659. The van der Waals surface area contributed by atoms with E-state index in [1.807, 2.05) is 27.0 Å². The topological polar surface area (TPSA) is 66.0 Å². The summed E-state index contributed by atoms with van der Waals surface area (Å²) in [7, 11) is 2.02. The summed E-state index contributed by atoms with van der Waals surface area (Å²) in [4.78, 5) is 8.09. The Hall–Kier alpha value is -1.88. The number of nitrogens with two attached hydrogens (primary N) is 1. The summed E-state index contributed by atoms with van der Waals surface area (Å²) in [5, 5.41) is 9.93. The normalized spacial score (nSPS) is 12.2. The molecule has 5 heteroatoms. The number of anilines is 1. The van der Waals surface area contributed by atoms with Gasteiger partial charge in [-0.05, 0) is 43.8 Å². The van der Waals surface area contributed by atoms with Crippen molar-refractivity contribution in [3.05, 3.63) is 45.3 Å². The molecule has 0 fully saturated rings. The molecule has 0 amide bonds. The van der Waals surface area contributed by atoms with Crippen LogP contribution >= 0.6 is 11.3 Å². The first-order chi connectivity index (χ1) is 9.90. The molecule has 0 aliphatic carbocycles. The van der Waals surface area contributed by atoms with E-state index < -0.39 is 0 Å². The Morgan fingerprint density at radius 3 is 2.76 bits per heavy atom. The van der Waals surface area contributed by atoms with Crippen molar-refractivity contribution in [2.24, 2.45) is 5.73 Å². The molecular weight excluding hydrogens is 280 g/mol. The minimum absolute atomic E-state index is 0.0742. The third-order valence-corrected chi connectivity index (χ3v) is 4.57. The molecule has 2 heterocycles. The number of pyridine rings is 1. The second-order valence-corrected chi connectivity index (χ2v) is 6.47. The van der Waals surface area contributed by atoms with Crippen molar-refractivity contribution in [2.45, 2.75) is 33.2 Å². The van der Waals surface area contributed by atoms with Crippen LogP contribution in [0.2, 0.25) is 0 Å². The lowest BCUT2D eigenvalue weighted by atomic mass is 10.1. The van der Waals surface area contributed by atoms with Crippen LogP contribution in [0.1, 0.15) is 28.6 Å². The van der Waals surface area contributed by atoms with Crippen molar-refractivity contribution < 1.29 is 0 Å². The van der Waals surface area contributed by atoms with Gasteiger partial charge in [-0.3, -0.25) is 5.41 Å². The first kappa shape index (κ1) is 15.5. The number of hydrogen-bond donors (Lipinski definition) is 2. The van der Waals surface area contributed by atoms with Gasteiger partial charge in [-0.25, -0.2) is 4.98 Å². The molecule has 0 saturated heterocycles. The zero-order valence-corrected chi connectivity index (χ0v) is 13.8. The molecule has 3 N–H and O–H groups in total. The van der Waals surface area contributed by atoms with Crippen molar-refractivity contribution in [1.29, 1.82) is 5.41 Å². The van der Waals surface area contributed by atoms with Crippen LogP contribution in [-0.2, 0) is 6.42 Å². The highest BCUT2D eigenvalue weighted by atomic mass is 32.1. The van der Waals surface area contributed by atoms with Crippen LogP contribution in [0.15, 0.2) is 23.6 Å². The van der Waals surface area contributed by atoms with Crippen LogP contribution in [0.5, 0.6) is 0 Å². The fourth-order valence-corrected chi connectivity index (χ4v) is 3.30. The van der Waals surface area contributed by atoms with Gasteiger partial charge in [0, 0.05) is 30.1 Å². The van der Waals surface area contributed by atoms with Crippen molar-refractivity contribution in [3.63, 3.8) is 0 Å². The first-order valence-corrected chi connectivity index (χ1v) is 7.86. The molecule has 112 valence electrons. The van der Waals surface area contributed by atoms with Crippen molar-refractivity contribution in [3.8, 4) is 0 Å². The third kappa shape index (κ3) is 3.42. The fourth-order valence-electron chi connectivity index (χ4n) is 2.47. The van der Waals surface area contributed by atoms with Gasteiger partial charge in [0.25, 0.3) is 0 Å². The second-order valence-electron chi connectivity index (χ2n) is 5.44. The summed E-state index contributed by atoms with van der Waals surface area (Å²) < 4.78 is 0. The molecular formula is C16H22N4S. The van der Waals surface area contributed by atoms with Gasteiger partial charge in [-0.2, -0.15) is 0 Å². The van der Waals surface area contributed by atoms with E-state index in [1.54, 1.807) is 11.3 Å². The zero-order chi connectivity index (χ0) is 15.6. The predicted molar refractivity (Wildman–Crippen MR) is 90.6 cm³/mol. The number of amidine groups is 1. The Balaban J connectivity index is 2.33. The maximum absolute atomic E-state index is 7.83. The number of nitrogen functional groups attached to an aromatic ring is 1. The molecule has 4 nitrogen and oxygen atoms in total. The van der Waals surface area contributed by atoms with Crippen LogP contribution in [0, 0.1) is 19.3 Å². The molecule has 0 aliphatic heterocycles. The van der Waals surface area contributed by atoms with E-state index in [9.17, 15) is 0 Å². The SMILES string of the molecule is Cc1cc(C)c(C(=N)N)c(N(C)C(C)Cc2cccs2)n1. The van der Waals surface area contributed by atoms with E-state index in [-0.39, 0.29) is 11.9 Å². The van der Waals surface area contributed by atoms with Gasteiger partial charge in [-0.1, -0.05) is 6.07 Å². The molecule has 1 unspecified atom stereocenters. The van der Waals surface area contributed by atoms with Crippen LogP contribution in [0.3, 0.4) is 0 Å². The summed E-state index contributed by atoms with van der Waals surface area (Å²) in [6.45, 7) is 6.12. The van der Waals surface area contributed by atoms with Crippen molar-refractivity contribution >= 4 is 23.0 Å². The largest absolute Gasteiger partial charge is 0.384 e. The molecule has 2 aromatic rings. The Kier molecular flexibility index (Phi) is 4.63. The summed E-state index contributed by atoms with van der Waals surface area (Å²) >= 11 is 1.77.